The number of fused-ring (bicyclic) bond motifs is 1. The molecule has 3 rings (SSSR count). The number of pyridine rings is 1. The Balaban J connectivity index is 2.02. The van der Waals surface area contributed by atoms with Crippen molar-refractivity contribution < 1.29 is 13.2 Å². The SMILES string of the molecule is CC(C)(C)C1CS(=O)(=O)CCN1C(=O)c1cccn2nccc12. The average Bonchev–Trinajstić information content (AvgIpc) is 2.93. The molecule has 7 heteroatoms. The van der Waals surface area contributed by atoms with Crippen LogP contribution in [0.1, 0.15) is 31.1 Å². The summed E-state index contributed by atoms with van der Waals surface area (Å²) in [5.41, 5.74) is 0.978. The number of amides is 1. The van der Waals surface area contributed by atoms with Crippen LogP contribution in [0.3, 0.4) is 0 Å². The highest BCUT2D eigenvalue weighted by molar-refractivity contribution is 7.91. The van der Waals surface area contributed by atoms with Crippen LogP contribution >= 0.6 is 0 Å². The second-order valence-corrected chi connectivity index (χ2v) is 9.31. The number of carbonyl (C=O) groups is 1. The molecule has 1 aliphatic rings. The highest BCUT2D eigenvalue weighted by Crippen LogP contribution is 2.30. The van der Waals surface area contributed by atoms with Crippen LogP contribution in [-0.4, -0.2) is 52.9 Å². The van der Waals surface area contributed by atoms with Crippen LogP contribution in [0, 0.1) is 5.41 Å². The van der Waals surface area contributed by atoms with E-state index in [0.717, 1.165) is 5.52 Å². The van der Waals surface area contributed by atoms with Gasteiger partial charge in [-0.3, -0.25) is 4.79 Å². The standard InChI is InChI=1S/C16H21N3O3S/c1-16(2,3)14-11-23(21,22)10-9-18(14)15(20)12-5-4-8-19-13(12)6-7-17-19/h4-8,14H,9-11H2,1-3H3. The zero-order valence-corrected chi connectivity index (χ0v) is 14.4. The zero-order valence-electron chi connectivity index (χ0n) is 13.6. The molecule has 0 N–H and O–H groups in total. The lowest BCUT2D eigenvalue weighted by molar-refractivity contribution is 0.0563. The van der Waals surface area contributed by atoms with Crippen molar-refractivity contribution in [1.29, 1.82) is 0 Å². The summed E-state index contributed by atoms with van der Waals surface area (Å²) >= 11 is 0. The number of rotatable bonds is 1. The summed E-state index contributed by atoms with van der Waals surface area (Å²) in [6.45, 7) is 6.15. The molecule has 1 aliphatic heterocycles. The molecular weight excluding hydrogens is 314 g/mol. The van der Waals surface area contributed by atoms with Crippen LogP contribution in [0.15, 0.2) is 30.6 Å². The van der Waals surface area contributed by atoms with Crippen molar-refractivity contribution in [3.05, 3.63) is 36.2 Å². The normalized spacial score (nSPS) is 21.5. The van der Waals surface area contributed by atoms with E-state index in [0.29, 0.717) is 5.56 Å². The van der Waals surface area contributed by atoms with Crippen LogP contribution in [0.4, 0.5) is 0 Å². The minimum absolute atomic E-state index is 0.0185. The van der Waals surface area contributed by atoms with Crippen molar-refractivity contribution in [3.63, 3.8) is 0 Å². The fourth-order valence-electron chi connectivity index (χ4n) is 3.06. The quantitative estimate of drug-likeness (QED) is 0.794. The van der Waals surface area contributed by atoms with Gasteiger partial charge in [0.1, 0.15) is 0 Å². The Morgan fingerprint density at radius 2 is 2.04 bits per heavy atom. The van der Waals surface area contributed by atoms with E-state index in [9.17, 15) is 13.2 Å². The molecular formula is C16H21N3O3S. The number of hydrogen-bond acceptors (Lipinski definition) is 4. The maximum atomic E-state index is 13.1. The molecule has 2 aromatic heterocycles. The molecule has 2 aromatic rings. The van der Waals surface area contributed by atoms with E-state index in [1.807, 2.05) is 20.8 Å². The molecule has 0 saturated carbocycles. The van der Waals surface area contributed by atoms with Gasteiger partial charge in [0.15, 0.2) is 9.84 Å². The molecule has 0 spiro atoms. The number of aromatic nitrogens is 2. The molecule has 0 aromatic carbocycles. The summed E-state index contributed by atoms with van der Waals surface area (Å²) in [4.78, 5) is 14.8. The van der Waals surface area contributed by atoms with Crippen LogP contribution in [-0.2, 0) is 9.84 Å². The molecule has 3 heterocycles. The molecule has 1 amide bonds. The van der Waals surface area contributed by atoms with E-state index >= 15 is 0 Å². The van der Waals surface area contributed by atoms with Gasteiger partial charge >= 0.3 is 0 Å². The van der Waals surface area contributed by atoms with Crippen LogP contribution in [0.25, 0.3) is 5.52 Å². The Morgan fingerprint density at radius 1 is 1.30 bits per heavy atom. The monoisotopic (exact) mass is 335 g/mol. The predicted octanol–water partition coefficient (Wildman–Crippen LogP) is 1.62. The van der Waals surface area contributed by atoms with Crippen molar-refractivity contribution in [2.45, 2.75) is 26.8 Å². The number of hydrogen-bond donors (Lipinski definition) is 0. The molecule has 1 atom stereocenters. The molecule has 0 bridgehead atoms. The first-order chi connectivity index (χ1) is 10.7. The van der Waals surface area contributed by atoms with Gasteiger partial charge in [-0.25, -0.2) is 12.9 Å². The third-order valence-electron chi connectivity index (χ3n) is 4.36. The van der Waals surface area contributed by atoms with Crippen LogP contribution in [0.2, 0.25) is 0 Å². The molecule has 0 aliphatic carbocycles. The molecule has 6 nitrogen and oxygen atoms in total. The Morgan fingerprint density at radius 3 is 2.74 bits per heavy atom. The minimum Gasteiger partial charge on any atom is -0.333 e. The first-order valence-electron chi connectivity index (χ1n) is 7.63. The lowest BCUT2D eigenvalue weighted by Gasteiger charge is -2.43. The average molecular weight is 335 g/mol. The smallest absolute Gasteiger partial charge is 0.256 e. The Kier molecular flexibility index (Phi) is 3.71. The van der Waals surface area contributed by atoms with E-state index in [4.69, 9.17) is 0 Å². The van der Waals surface area contributed by atoms with Gasteiger partial charge in [-0.1, -0.05) is 20.8 Å². The first kappa shape index (κ1) is 16.0. The molecule has 1 unspecified atom stereocenters. The van der Waals surface area contributed by atoms with Gasteiger partial charge in [0.25, 0.3) is 5.91 Å². The Hall–Kier alpha value is -1.89. The second-order valence-electron chi connectivity index (χ2n) is 7.08. The zero-order chi connectivity index (χ0) is 16.8. The van der Waals surface area contributed by atoms with Crippen molar-refractivity contribution in [2.24, 2.45) is 5.41 Å². The Bertz CT molecular complexity index is 849. The summed E-state index contributed by atoms with van der Waals surface area (Å²) in [6, 6.07) is 5.00. The fraction of sp³-hybridized carbons (Fsp3) is 0.500. The van der Waals surface area contributed by atoms with Gasteiger partial charge in [-0.15, -0.1) is 0 Å². The predicted molar refractivity (Wildman–Crippen MR) is 88.1 cm³/mol. The van der Waals surface area contributed by atoms with E-state index < -0.39 is 9.84 Å². The molecule has 1 fully saturated rings. The summed E-state index contributed by atoms with van der Waals surface area (Å²) < 4.78 is 25.7. The molecule has 0 radical (unpaired) electrons. The number of nitrogens with zero attached hydrogens (tertiary/aromatic N) is 3. The first-order valence-corrected chi connectivity index (χ1v) is 9.45. The summed E-state index contributed by atoms with van der Waals surface area (Å²) in [5.74, 6) is -0.0934. The molecule has 124 valence electrons. The van der Waals surface area contributed by atoms with Crippen LogP contribution < -0.4 is 0 Å². The van der Waals surface area contributed by atoms with Gasteiger partial charge in [0, 0.05) is 12.7 Å². The summed E-state index contributed by atoms with van der Waals surface area (Å²) in [5, 5.41) is 4.15. The highest BCUT2D eigenvalue weighted by atomic mass is 32.2. The topological polar surface area (TPSA) is 71.8 Å². The lowest BCUT2D eigenvalue weighted by Crippen LogP contribution is -2.56. The van der Waals surface area contributed by atoms with E-state index in [-0.39, 0.29) is 35.4 Å². The van der Waals surface area contributed by atoms with E-state index in [1.165, 1.54) is 0 Å². The van der Waals surface area contributed by atoms with E-state index in [2.05, 4.69) is 5.10 Å². The maximum absolute atomic E-state index is 13.1. The molecule has 1 saturated heterocycles. The minimum atomic E-state index is -3.11. The van der Waals surface area contributed by atoms with Gasteiger partial charge in [0.2, 0.25) is 0 Å². The van der Waals surface area contributed by atoms with Crippen molar-refractivity contribution >= 4 is 21.3 Å². The molecule has 23 heavy (non-hydrogen) atoms. The third-order valence-corrected chi connectivity index (χ3v) is 5.99. The fourth-order valence-corrected chi connectivity index (χ4v) is 4.86. The summed E-state index contributed by atoms with van der Waals surface area (Å²) in [7, 11) is -3.11. The van der Waals surface area contributed by atoms with E-state index in [1.54, 1.807) is 40.0 Å². The lowest BCUT2D eigenvalue weighted by atomic mass is 9.86. The second kappa shape index (κ2) is 5.33. The third kappa shape index (κ3) is 2.97. The van der Waals surface area contributed by atoms with Crippen molar-refractivity contribution in [3.8, 4) is 0 Å². The van der Waals surface area contributed by atoms with Gasteiger partial charge in [-0.05, 0) is 23.6 Å². The van der Waals surface area contributed by atoms with Crippen LogP contribution in [0.5, 0.6) is 0 Å². The highest BCUT2D eigenvalue weighted by Gasteiger charge is 2.41. The van der Waals surface area contributed by atoms with Gasteiger partial charge < -0.3 is 4.90 Å². The maximum Gasteiger partial charge on any atom is 0.256 e. The van der Waals surface area contributed by atoms with Crippen molar-refractivity contribution in [2.75, 3.05) is 18.1 Å². The summed E-state index contributed by atoms with van der Waals surface area (Å²) in [6.07, 6.45) is 3.43. The van der Waals surface area contributed by atoms with Gasteiger partial charge in [0.05, 0.1) is 34.8 Å². The number of sulfone groups is 1. The van der Waals surface area contributed by atoms with Crippen molar-refractivity contribution in [1.82, 2.24) is 14.5 Å². The number of carbonyl (C=O) groups excluding carboxylic acids is 1. The largest absolute Gasteiger partial charge is 0.333 e. The Labute approximate surface area is 136 Å². The van der Waals surface area contributed by atoms with Gasteiger partial charge in [-0.2, -0.15) is 5.10 Å².